The number of carbonyl (C=O) groups is 1. The van der Waals surface area contributed by atoms with E-state index in [1.807, 2.05) is 48.5 Å². The highest BCUT2D eigenvalue weighted by Crippen LogP contribution is 2.30. The minimum atomic E-state index is -0.274. The summed E-state index contributed by atoms with van der Waals surface area (Å²) >= 11 is 0. The van der Waals surface area contributed by atoms with Crippen LogP contribution in [0.3, 0.4) is 0 Å². The third kappa shape index (κ3) is 4.22. The maximum absolute atomic E-state index is 12.8. The van der Waals surface area contributed by atoms with E-state index in [1.165, 1.54) is 0 Å². The molecule has 152 valence electrons. The normalized spacial score (nSPS) is 10.6. The van der Waals surface area contributed by atoms with Gasteiger partial charge in [0.05, 0.1) is 19.9 Å². The highest BCUT2D eigenvalue weighted by molar-refractivity contribution is 6.06. The Bertz CT molecular complexity index is 1170. The summed E-state index contributed by atoms with van der Waals surface area (Å²) in [6, 6.07) is 22.7. The van der Waals surface area contributed by atoms with Gasteiger partial charge in [-0.15, -0.1) is 0 Å². The number of fused-ring (bicyclic) bond motifs is 1. The largest absolute Gasteiger partial charge is 0.497 e. The molecule has 0 bridgehead atoms. The van der Waals surface area contributed by atoms with Gasteiger partial charge in [-0.2, -0.15) is 0 Å². The molecule has 0 aliphatic carbocycles. The van der Waals surface area contributed by atoms with Crippen LogP contribution in [-0.4, -0.2) is 25.1 Å². The van der Waals surface area contributed by atoms with Crippen molar-refractivity contribution in [1.29, 1.82) is 0 Å². The van der Waals surface area contributed by atoms with Crippen molar-refractivity contribution >= 4 is 22.5 Å². The fourth-order valence-electron chi connectivity index (χ4n) is 3.16. The fourth-order valence-corrected chi connectivity index (χ4v) is 3.16. The molecular formula is C24H22N2O4. The molecule has 0 unspecified atom stereocenters. The molecule has 0 aliphatic rings. The molecule has 1 amide bonds. The molecule has 4 rings (SSSR count). The van der Waals surface area contributed by atoms with Crippen molar-refractivity contribution in [2.75, 3.05) is 19.5 Å². The molecule has 3 aromatic carbocycles. The zero-order chi connectivity index (χ0) is 20.9. The number of H-pyrrole nitrogens is 1. The van der Waals surface area contributed by atoms with Gasteiger partial charge in [0, 0.05) is 23.0 Å². The van der Waals surface area contributed by atoms with E-state index in [0.717, 1.165) is 22.2 Å². The van der Waals surface area contributed by atoms with Crippen LogP contribution in [0.2, 0.25) is 0 Å². The molecule has 0 atom stereocenters. The van der Waals surface area contributed by atoms with E-state index in [0.29, 0.717) is 29.5 Å². The van der Waals surface area contributed by atoms with E-state index < -0.39 is 0 Å². The lowest BCUT2D eigenvalue weighted by atomic mass is 10.2. The van der Waals surface area contributed by atoms with Gasteiger partial charge in [0.2, 0.25) is 0 Å². The van der Waals surface area contributed by atoms with Crippen LogP contribution in [0.1, 0.15) is 16.1 Å². The van der Waals surface area contributed by atoms with Crippen molar-refractivity contribution in [3.63, 3.8) is 0 Å². The number of amides is 1. The second kappa shape index (κ2) is 8.61. The number of methoxy groups -OCH3 is 2. The number of ether oxygens (including phenoxy) is 3. The Hall–Kier alpha value is -3.93. The Kier molecular flexibility index (Phi) is 5.57. The molecular weight excluding hydrogens is 380 g/mol. The number of hydrogen-bond acceptors (Lipinski definition) is 4. The van der Waals surface area contributed by atoms with E-state index >= 15 is 0 Å². The van der Waals surface area contributed by atoms with Gasteiger partial charge in [-0.25, -0.2) is 0 Å². The van der Waals surface area contributed by atoms with Crippen LogP contribution in [-0.2, 0) is 6.61 Å². The maximum atomic E-state index is 12.8. The van der Waals surface area contributed by atoms with Crippen LogP contribution in [0.5, 0.6) is 17.2 Å². The molecule has 0 saturated carbocycles. The number of aromatic nitrogens is 1. The van der Waals surface area contributed by atoms with Gasteiger partial charge in [0.1, 0.15) is 29.5 Å². The smallest absolute Gasteiger partial charge is 0.272 e. The maximum Gasteiger partial charge on any atom is 0.272 e. The number of nitrogens with one attached hydrogen (secondary N) is 2. The molecule has 0 fully saturated rings. The summed E-state index contributed by atoms with van der Waals surface area (Å²) in [6.45, 7) is 0.482. The number of hydrogen-bond donors (Lipinski definition) is 2. The molecule has 30 heavy (non-hydrogen) atoms. The van der Waals surface area contributed by atoms with Crippen LogP contribution in [0.25, 0.3) is 10.9 Å². The minimum Gasteiger partial charge on any atom is -0.497 e. The Morgan fingerprint density at radius 2 is 1.70 bits per heavy atom. The summed E-state index contributed by atoms with van der Waals surface area (Å²) in [5.74, 6) is 1.64. The lowest BCUT2D eigenvalue weighted by molar-refractivity contribution is 0.102. The van der Waals surface area contributed by atoms with E-state index in [1.54, 1.807) is 38.5 Å². The molecule has 6 heteroatoms. The first-order chi connectivity index (χ1) is 14.7. The molecule has 1 aromatic heterocycles. The quantitative estimate of drug-likeness (QED) is 0.455. The van der Waals surface area contributed by atoms with Crippen LogP contribution in [0.4, 0.5) is 5.69 Å². The number of rotatable bonds is 7. The van der Waals surface area contributed by atoms with Gasteiger partial charge in [-0.05, 0) is 35.9 Å². The van der Waals surface area contributed by atoms with Crippen LogP contribution < -0.4 is 19.5 Å². The molecule has 4 aromatic rings. The van der Waals surface area contributed by atoms with Gasteiger partial charge in [0.15, 0.2) is 0 Å². The van der Waals surface area contributed by atoms with E-state index in [2.05, 4.69) is 10.3 Å². The first-order valence-electron chi connectivity index (χ1n) is 9.49. The molecule has 0 aliphatic heterocycles. The molecule has 2 N–H and O–H groups in total. The Morgan fingerprint density at radius 1 is 0.900 bits per heavy atom. The SMILES string of the molecule is COc1ccc(OC)c(NC(=O)c2cc3ccc(OCc4ccccc4)cc3[nH]2)c1. The van der Waals surface area contributed by atoms with E-state index in [-0.39, 0.29) is 5.91 Å². The van der Waals surface area contributed by atoms with Gasteiger partial charge in [-0.3, -0.25) is 4.79 Å². The lowest BCUT2D eigenvalue weighted by Gasteiger charge is -2.11. The number of aromatic amines is 1. The average molecular weight is 402 g/mol. The molecule has 6 nitrogen and oxygen atoms in total. The Morgan fingerprint density at radius 3 is 2.47 bits per heavy atom. The van der Waals surface area contributed by atoms with Crippen molar-refractivity contribution in [3.8, 4) is 17.2 Å². The van der Waals surface area contributed by atoms with Crippen LogP contribution in [0, 0.1) is 0 Å². The number of anilines is 1. The summed E-state index contributed by atoms with van der Waals surface area (Å²) in [6.07, 6.45) is 0. The summed E-state index contributed by atoms with van der Waals surface area (Å²) < 4.78 is 16.4. The van der Waals surface area contributed by atoms with Gasteiger partial charge >= 0.3 is 0 Å². The monoisotopic (exact) mass is 402 g/mol. The van der Waals surface area contributed by atoms with Gasteiger partial charge < -0.3 is 24.5 Å². The van der Waals surface area contributed by atoms with Crippen LogP contribution in [0.15, 0.2) is 72.8 Å². The van der Waals surface area contributed by atoms with Crippen molar-refractivity contribution in [2.24, 2.45) is 0 Å². The third-order valence-electron chi connectivity index (χ3n) is 4.74. The number of carbonyl (C=O) groups excluding carboxylic acids is 1. The molecule has 0 spiro atoms. The number of benzene rings is 3. The van der Waals surface area contributed by atoms with Gasteiger partial charge in [0.25, 0.3) is 5.91 Å². The molecule has 0 radical (unpaired) electrons. The van der Waals surface area contributed by atoms with Gasteiger partial charge in [-0.1, -0.05) is 30.3 Å². The summed E-state index contributed by atoms with van der Waals surface area (Å²) in [7, 11) is 3.12. The van der Waals surface area contributed by atoms with Crippen LogP contribution >= 0.6 is 0 Å². The summed E-state index contributed by atoms with van der Waals surface area (Å²) in [5, 5.41) is 3.79. The predicted octanol–water partition coefficient (Wildman–Crippen LogP) is 5.02. The van der Waals surface area contributed by atoms with E-state index in [9.17, 15) is 4.79 Å². The topological polar surface area (TPSA) is 72.6 Å². The zero-order valence-electron chi connectivity index (χ0n) is 16.8. The first kappa shape index (κ1) is 19.4. The standard InChI is InChI=1S/C24H22N2O4/c1-28-18-10-11-23(29-2)21(13-18)26-24(27)22-12-17-8-9-19(14-20(17)25-22)30-15-16-6-4-3-5-7-16/h3-14,25H,15H2,1-2H3,(H,26,27). The second-order valence-electron chi connectivity index (χ2n) is 6.73. The zero-order valence-corrected chi connectivity index (χ0v) is 16.8. The molecule has 1 heterocycles. The van der Waals surface area contributed by atoms with Crippen molar-refractivity contribution in [3.05, 3.63) is 84.1 Å². The minimum absolute atomic E-state index is 0.274. The summed E-state index contributed by atoms with van der Waals surface area (Å²) in [5.41, 5.74) is 2.89. The average Bonchev–Trinajstić information content (AvgIpc) is 3.22. The predicted molar refractivity (Wildman–Crippen MR) is 117 cm³/mol. The highest BCUT2D eigenvalue weighted by atomic mass is 16.5. The van der Waals surface area contributed by atoms with Crippen molar-refractivity contribution < 1.29 is 19.0 Å². The van der Waals surface area contributed by atoms with Crippen molar-refractivity contribution in [1.82, 2.24) is 4.98 Å². The first-order valence-corrected chi connectivity index (χ1v) is 9.49. The molecule has 0 saturated heterocycles. The Labute approximate surface area is 174 Å². The van der Waals surface area contributed by atoms with E-state index in [4.69, 9.17) is 14.2 Å². The fraction of sp³-hybridized carbons (Fsp3) is 0.125. The summed E-state index contributed by atoms with van der Waals surface area (Å²) in [4.78, 5) is 15.9. The Balaban J connectivity index is 1.51. The van der Waals surface area contributed by atoms with Crippen molar-refractivity contribution in [2.45, 2.75) is 6.61 Å². The third-order valence-corrected chi connectivity index (χ3v) is 4.74. The second-order valence-corrected chi connectivity index (χ2v) is 6.73. The highest BCUT2D eigenvalue weighted by Gasteiger charge is 2.14. The lowest BCUT2D eigenvalue weighted by Crippen LogP contribution is -2.13.